The Morgan fingerprint density at radius 1 is 1.22 bits per heavy atom. The molecule has 0 unspecified atom stereocenters. The highest BCUT2D eigenvalue weighted by Gasteiger charge is 2.43. The van der Waals surface area contributed by atoms with Gasteiger partial charge in [-0.25, -0.2) is 5.43 Å². The lowest BCUT2D eigenvalue weighted by molar-refractivity contribution is -0.122. The zero-order valence-corrected chi connectivity index (χ0v) is 13.8. The lowest BCUT2D eigenvalue weighted by Gasteiger charge is -2.06. The summed E-state index contributed by atoms with van der Waals surface area (Å²) in [5.74, 6) is 0.341. The smallest absolute Gasteiger partial charge is 0.243 e. The minimum Gasteiger partial charge on any atom is -0.273 e. The monoisotopic (exact) mass is 326 g/mol. The molecule has 0 heterocycles. The van der Waals surface area contributed by atoms with Crippen LogP contribution in [-0.2, 0) is 4.79 Å². The predicted octanol–water partition coefficient (Wildman–Crippen LogP) is 4.37. The molecule has 2 aromatic carbocycles. The largest absolute Gasteiger partial charge is 0.273 e. The molecule has 1 amide bonds. The number of benzene rings is 2. The molecule has 23 heavy (non-hydrogen) atoms. The van der Waals surface area contributed by atoms with E-state index in [1.807, 2.05) is 49.4 Å². The number of carbonyl (C=O) groups excluding carboxylic acids is 1. The van der Waals surface area contributed by atoms with Crippen LogP contribution in [0, 0.1) is 5.92 Å². The first-order valence-electron chi connectivity index (χ1n) is 7.86. The van der Waals surface area contributed by atoms with Gasteiger partial charge in [0.2, 0.25) is 5.91 Å². The zero-order chi connectivity index (χ0) is 16.2. The van der Waals surface area contributed by atoms with Crippen molar-refractivity contribution in [2.75, 3.05) is 0 Å². The first kappa shape index (κ1) is 15.8. The van der Waals surface area contributed by atoms with E-state index >= 15 is 0 Å². The molecular weight excluding hydrogens is 308 g/mol. The molecule has 1 aliphatic rings. The molecule has 0 aliphatic heterocycles. The van der Waals surface area contributed by atoms with Crippen molar-refractivity contribution in [1.29, 1.82) is 0 Å². The SMILES string of the molecule is CC/C(=N/NC(=O)[C@H]1C[C@H]1c1ccccc1)c1cccc(Cl)c1. The van der Waals surface area contributed by atoms with Crippen LogP contribution in [0.4, 0.5) is 0 Å². The van der Waals surface area contributed by atoms with E-state index in [2.05, 4.69) is 22.7 Å². The van der Waals surface area contributed by atoms with Crippen molar-refractivity contribution >= 4 is 23.2 Å². The van der Waals surface area contributed by atoms with Gasteiger partial charge in [0.15, 0.2) is 0 Å². The quantitative estimate of drug-likeness (QED) is 0.643. The van der Waals surface area contributed by atoms with Gasteiger partial charge < -0.3 is 0 Å². The molecule has 1 aliphatic carbocycles. The Kier molecular flexibility index (Phi) is 4.77. The van der Waals surface area contributed by atoms with Crippen molar-refractivity contribution in [3.05, 3.63) is 70.7 Å². The van der Waals surface area contributed by atoms with E-state index in [1.54, 1.807) is 0 Å². The first-order valence-corrected chi connectivity index (χ1v) is 8.24. The second-order valence-electron chi connectivity index (χ2n) is 5.76. The van der Waals surface area contributed by atoms with E-state index in [-0.39, 0.29) is 11.8 Å². The standard InChI is InChI=1S/C19H19ClN2O/c1-2-18(14-9-6-10-15(20)11-14)21-22-19(23)17-12-16(17)13-7-4-3-5-8-13/h3-11,16-17H,2,12H2,1H3,(H,22,23)/b21-18-/t16-,17-/m0/s1. The summed E-state index contributed by atoms with van der Waals surface area (Å²) in [5.41, 5.74) is 5.72. The van der Waals surface area contributed by atoms with Crippen LogP contribution in [-0.4, -0.2) is 11.6 Å². The molecule has 0 bridgehead atoms. The Morgan fingerprint density at radius 2 is 2.00 bits per heavy atom. The first-order chi connectivity index (χ1) is 11.2. The summed E-state index contributed by atoms with van der Waals surface area (Å²) in [6.07, 6.45) is 1.62. The number of carbonyl (C=O) groups is 1. The van der Waals surface area contributed by atoms with E-state index in [0.717, 1.165) is 24.1 Å². The average Bonchev–Trinajstić information content (AvgIpc) is 3.37. The van der Waals surface area contributed by atoms with Gasteiger partial charge in [-0.2, -0.15) is 5.10 Å². The maximum Gasteiger partial charge on any atom is 0.243 e. The third-order valence-electron chi connectivity index (χ3n) is 4.15. The van der Waals surface area contributed by atoms with Gasteiger partial charge in [0.25, 0.3) is 0 Å². The number of nitrogens with one attached hydrogen (secondary N) is 1. The molecule has 2 atom stereocenters. The van der Waals surface area contributed by atoms with Gasteiger partial charge in [-0.3, -0.25) is 4.79 Å². The second kappa shape index (κ2) is 6.97. The van der Waals surface area contributed by atoms with Crippen molar-refractivity contribution in [2.45, 2.75) is 25.7 Å². The average molecular weight is 327 g/mol. The molecule has 1 fully saturated rings. The van der Waals surface area contributed by atoms with Crippen LogP contribution < -0.4 is 5.43 Å². The maximum atomic E-state index is 12.3. The number of hydrogen-bond acceptors (Lipinski definition) is 2. The third-order valence-corrected chi connectivity index (χ3v) is 4.38. The molecule has 0 aromatic heterocycles. The van der Waals surface area contributed by atoms with Gasteiger partial charge in [0, 0.05) is 10.9 Å². The summed E-state index contributed by atoms with van der Waals surface area (Å²) in [4.78, 5) is 12.3. The van der Waals surface area contributed by atoms with Crippen LogP contribution >= 0.6 is 11.6 Å². The van der Waals surface area contributed by atoms with Gasteiger partial charge in [0.1, 0.15) is 0 Å². The maximum absolute atomic E-state index is 12.3. The van der Waals surface area contributed by atoms with Gasteiger partial charge in [-0.15, -0.1) is 0 Å². The molecule has 1 N–H and O–H groups in total. The van der Waals surface area contributed by atoms with Gasteiger partial charge in [-0.05, 0) is 42.0 Å². The number of rotatable bonds is 5. The molecule has 0 radical (unpaired) electrons. The fraction of sp³-hybridized carbons (Fsp3) is 0.263. The normalized spacial score (nSPS) is 20.2. The molecule has 1 saturated carbocycles. The van der Waals surface area contributed by atoms with Crippen LogP contribution in [0.1, 0.15) is 36.8 Å². The van der Waals surface area contributed by atoms with Crippen LogP contribution in [0.5, 0.6) is 0 Å². The van der Waals surface area contributed by atoms with E-state index in [0.29, 0.717) is 10.9 Å². The van der Waals surface area contributed by atoms with Gasteiger partial charge >= 0.3 is 0 Å². The zero-order valence-electron chi connectivity index (χ0n) is 13.0. The lowest BCUT2D eigenvalue weighted by atomic mass is 10.1. The Labute approximate surface area is 141 Å². The minimum atomic E-state index is -0.00756. The summed E-state index contributed by atoms with van der Waals surface area (Å²) < 4.78 is 0. The Bertz CT molecular complexity index is 727. The lowest BCUT2D eigenvalue weighted by Crippen LogP contribution is -2.22. The summed E-state index contributed by atoms with van der Waals surface area (Å²) in [6.45, 7) is 2.01. The molecule has 4 heteroatoms. The number of halogens is 1. The molecule has 2 aromatic rings. The number of amides is 1. The summed E-state index contributed by atoms with van der Waals surface area (Å²) in [5, 5.41) is 4.97. The highest BCUT2D eigenvalue weighted by atomic mass is 35.5. The van der Waals surface area contributed by atoms with Crippen LogP contribution in [0.15, 0.2) is 59.7 Å². The molecule has 3 rings (SSSR count). The Balaban J connectivity index is 1.64. The van der Waals surface area contributed by atoms with Gasteiger partial charge in [0.05, 0.1) is 5.71 Å². The van der Waals surface area contributed by atoms with Crippen LogP contribution in [0.3, 0.4) is 0 Å². The fourth-order valence-electron chi connectivity index (χ4n) is 2.77. The second-order valence-corrected chi connectivity index (χ2v) is 6.19. The summed E-state index contributed by atoms with van der Waals surface area (Å²) in [6, 6.07) is 17.7. The molecule has 3 nitrogen and oxygen atoms in total. The molecular formula is C19H19ClN2O. The van der Waals surface area contributed by atoms with Crippen molar-refractivity contribution in [1.82, 2.24) is 5.43 Å². The minimum absolute atomic E-state index is 0.00756. The predicted molar refractivity (Wildman–Crippen MR) is 93.7 cm³/mol. The van der Waals surface area contributed by atoms with E-state index < -0.39 is 0 Å². The summed E-state index contributed by atoms with van der Waals surface area (Å²) in [7, 11) is 0. The van der Waals surface area contributed by atoms with E-state index in [9.17, 15) is 4.79 Å². The van der Waals surface area contributed by atoms with Crippen molar-refractivity contribution in [2.24, 2.45) is 11.0 Å². The van der Waals surface area contributed by atoms with Crippen molar-refractivity contribution in [3.63, 3.8) is 0 Å². The molecule has 0 saturated heterocycles. The highest BCUT2D eigenvalue weighted by molar-refractivity contribution is 6.31. The summed E-state index contributed by atoms with van der Waals surface area (Å²) >= 11 is 6.01. The highest BCUT2D eigenvalue weighted by Crippen LogP contribution is 2.47. The molecule has 118 valence electrons. The number of nitrogens with zero attached hydrogens (tertiary/aromatic N) is 1. The molecule has 0 spiro atoms. The number of hydrogen-bond donors (Lipinski definition) is 1. The van der Waals surface area contributed by atoms with E-state index in [4.69, 9.17) is 11.6 Å². The van der Waals surface area contributed by atoms with Gasteiger partial charge in [-0.1, -0.05) is 61.0 Å². The Morgan fingerprint density at radius 3 is 2.70 bits per heavy atom. The topological polar surface area (TPSA) is 41.5 Å². The van der Waals surface area contributed by atoms with Crippen LogP contribution in [0.2, 0.25) is 5.02 Å². The van der Waals surface area contributed by atoms with E-state index in [1.165, 1.54) is 5.56 Å². The van der Waals surface area contributed by atoms with Crippen molar-refractivity contribution < 1.29 is 4.79 Å². The number of hydrazone groups is 1. The van der Waals surface area contributed by atoms with Crippen LogP contribution in [0.25, 0.3) is 0 Å². The van der Waals surface area contributed by atoms with Crippen molar-refractivity contribution in [3.8, 4) is 0 Å². The Hall–Kier alpha value is -2.13. The fourth-order valence-corrected chi connectivity index (χ4v) is 2.96. The third kappa shape index (κ3) is 3.80.